The van der Waals surface area contributed by atoms with Crippen LogP contribution in [-0.2, 0) is 0 Å². The van der Waals surface area contributed by atoms with Crippen LogP contribution in [0.15, 0.2) is 0 Å². The van der Waals surface area contributed by atoms with E-state index in [1.807, 2.05) is 0 Å². The molecule has 0 bridgehead atoms. The quantitative estimate of drug-likeness (QED) is 0.503. The highest BCUT2D eigenvalue weighted by Crippen LogP contribution is 2.47. The first-order valence-corrected chi connectivity index (χ1v) is 5.46. The van der Waals surface area contributed by atoms with E-state index in [9.17, 15) is 0 Å². The van der Waals surface area contributed by atoms with Gasteiger partial charge in [-0.15, -0.1) is 0 Å². The summed E-state index contributed by atoms with van der Waals surface area (Å²) in [5.41, 5.74) is 1.10. The Bertz CT molecular complexity index is 124. The number of hydrogen-bond acceptors (Lipinski definition) is 0. The molecule has 1 fully saturated rings. The Morgan fingerprint density at radius 1 is 0.583 bits per heavy atom. The van der Waals surface area contributed by atoms with Crippen LogP contribution < -0.4 is 0 Å². The molecule has 1 aliphatic carbocycles. The van der Waals surface area contributed by atoms with E-state index in [1.54, 1.807) is 0 Å². The third kappa shape index (κ3) is 2.02. The van der Waals surface area contributed by atoms with E-state index in [0.717, 1.165) is 0 Å². The van der Waals surface area contributed by atoms with Crippen LogP contribution in [0.4, 0.5) is 0 Å². The molecular formula is C12H24. The smallest absolute Gasteiger partial charge is 0.0303 e. The zero-order valence-electron chi connectivity index (χ0n) is 9.24. The van der Waals surface area contributed by atoms with E-state index in [0.29, 0.717) is 10.8 Å². The van der Waals surface area contributed by atoms with Gasteiger partial charge < -0.3 is 0 Å². The monoisotopic (exact) mass is 168 g/mol. The molecule has 0 aromatic rings. The van der Waals surface area contributed by atoms with Crippen molar-refractivity contribution in [1.82, 2.24) is 0 Å². The standard InChI is InChI=1S/C12H24/c1-11(2)9-7-5-6-8-10-12(11,3)4/h5-10H2,1-4H3. The molecule has 0 heteroatoms. The Labute approximate surface area is 77.7 Å². The molecule has 0 saturated heterocycles. The van der Waals surface area contributed by atoms with Gasteiger partial charge in [-0.25, -0.2) is 0 Å². The van der Waals surface area contributed by atoms with Crippen LogP contribution in [0, 0.1) is 10.8 Å². The van der Waals surface area contributed by atoms with E-state index in [4.69, 9.17) is 0 Å². The van der Waals surface area contributed by atoms with E-state index in [2.05, 4.69) is 27.7 Å². The van der Waals surface area contributed by atoms with E-state index in [-0.39, 0.29) is 0 Å². The van der Waals surface area contributed by atoms with Gasteiger partial charge in [0.25, 0.3) is 0 Å². The zero-order chi connectivity index (χ0) is 9.24. The van der Waals surface area contributed by atoms with Gasteiger partial charge in [0, 0.05) is 0 Å². The minimum Gasteiger partial charge on any atom is -0.0594 e. The highest BCUT2D eigenvalue weighted by molar-refractivity contribution is 4.86. The summed E-state index contributed by atoms with van der Waals surface area (Å²) in [5.74, 6) is 0. The van der Waals surface area contributed by atoms with Gasteiger partial charge in [0.05, 0.1) is 0 Å². The molecule has 0 radical (unpaired) electrons. The lowest BCUT2D eigenvalue weighted by molar-refractivity contribution is 0.0727. The molecule has 0 amide bonds. The third-order valence-electron chi connectivity index (χ3n) is 4.19. The second-order valence-corrected chi connectivity index (χ2v) is 5.68. The summed E-state index contributed by atoms with van der Waals surface area (Å²) >= 11 is 0. The van der Waals surface area contributed by atoms with Crippen molar-refractivity contribution in [1.29, 1.82) is 0 Å². The molecule has 0 N–H and O–H groups in total. The van der Waals surface area contributed by atoms with Crippen LogP contribution in [0.1, 0.15) is 66.2 Å². The molecular weight excluding hydrogens is 144 g/mol. The minimum atomic E-state index is 0.549. The first-order valence-electron chi connectivity index (χ1n) is 5.46. The molecule has 12 heavy (non-hydrogen) atoms. The fraction of sp³-hybridized carbons (Fsp3) is 1.00. The van der Waals surface area contributed by atoms with Crippen molar-refractivity contribution < 1.29 is 0 Å². The van der Waals surface area contributed by atoms with Crippen LogP contribution >= 0.6 is 0 Å². The lowest BCUT2D eigenvalue weighted by Gasteiger charge is -2.43. The Morgan fingerprint density at radius 2 is 0.917 bits per heavy atom. The highest BCUT2D eigenvalue weighted by Gasteiger charge is 2.36. The van der Waals surface area contributed by atoms with Crippen LogP contribution in [0.5, 0.6) is 0 Å². The van der Waals surface area contributed by atoms with E-state index < -0.39 is 0 Å². The summed E-state index contributed by atoms with van der Waals surface area (Å²) in [5, 5.41) is 0. The highest BCUT2D eigenvalue weighted by atomic mass is 14.4. The summed E-state index contributed by atoms with van der Waals surface area (Å²) in [6.07, 6.45) is 8.63. The van der Waals surface area contributed by atoms with Crippen molar-refractivity contribution in [3.63, 3.8) is 0 Å². The molecule has 0 spiro atoms. The van der Waals surface area contributed by atoms with Crippen molar-refractivity contribution in [2.45, 2.75) is 66.2 Å². The summed E-state index contributed by atoms with van der Waals surface area (Å²) in [4.78, 5) is 0. The van der Waals surface area contributed by atoms with E-state index >= 15 is 0 Å². The molecule has 0 aromatic carbocycles. The fourth-order valence-electron chi connectivity index (χ4n) is 2.16. The molecule has 0 aromatic heterocycles. The Kier molecular flexibility index (Phi) is 2.85. The van der Waals surface area contributed by atoms with Gasteiger partial charge in [0.15, 0.2) is 0 Å². The van der Waals surface area contributed by atoms with Crippen molar-refractivity contribution in [3.8, 4) is 0 Å². The predicted octanol–water partition coefficient (Wildman–Crippen LogP) is 4.39. The normalized spacial score (nSPS) is 29.0. The van der Waals surface area contributed by atoms with Crippen molar-refractivity contribution in [2.24, 2.45) is 10.8 Å². The fourth-order valence-corrected chi connectivity index (χ4v) is 2.16. The second-order valence-electron chi connectivity index (χ2n) is 5.68. The SMILES string of the molecule is CC1(C)CCCCCCC1(C)C. The van der Waals surface area contributed by atoms with Gasteiger partial charge in [-0.3, -0.25) is 0 Å². The molecule has 1 saturated carbocycles. The largest absolute Gasteiger partial charge is 0.0594 e. The van der Waals surface area contributed by atoms with Gasteiger partial charge in [0.2, 0.25) is 0 Å². The first kappa shape index (κ1) is 10.1. The topological polar surface area (TPSA) is 0 Å². The van der Waals surface area contributed by atoms with Gasteiger partial charge in [-0.2, -0.15) is 0 Å². The van der Waals surface area contributed by atoms with Gasteiger partial charge >= 0.3 is 0 Å². The molecule has 1 rings (SSSR count). The Balaban J connectivity index is 2.66. The van der Waals surface area contributed by atoms with Crippen molar-refractivity contribution in [2.75, 3.05) is 0 Å². The predicted molar refractivity (Wildman–Crippen MR) is 55.3 cm³/mol. The van der Waals surface area contributed by atoms with Crippen LogP contribution in [0.2, 0.25) is 0 Å². The van der Waals surface area contributed by atoms with Crippen LogP contribution in [0.3, 0.4) is 0 Å². The molecule has 0 aliphatic heterocycles. The van der Waals surface area contributed by atoms with E-state index in [1.165, 1.54) is 38.5 Å². The molecule has 1 aliphatic rings. The maximum Gasteiger partial charge on any atom is -0.0303 e. The number of hydrogen-bond donors (Lipinski definition) is 0. The molecule has 0 unspecified atom stereocenters. The Hall–Kier alpha value is 0. The minimum absolute atomic E-state index is 0.549. The molecule has 72 valence electrons. The second kappa shape index (κ2) is 3.40. The maximum atomic E-state index is 2.44. The summed E-state index contributed by atoms with van der Waals surface area (Å²) in [6.45, 7) is 9.77. The molecule has 0 atom stereocenters. The maximum absolute atomic E-state index is 2.44. The summed E-state index contributed by atoms with van der Waals surface area (Å²) < 4.78 is 0. The average molecular weight is 168 g/mol. The summed E-state index contributed by atoms with van der Waals surface area (Å²) in [6, 6.07) is 0. The van der Waals surface area contributed by atoms with Crippen molar-refractivity contribution in [3.05, 3.63) is 0 Å². The molecule has 0 nitrogen and oxygen atoms in total. The molecule has 0 heterocycles. The van der Waals surface area contributed by atoms with Crippen LogP contribution in [0.25, 0.3) is 0 Å². The lowest BCUT2D eigenvalue weighted by Crippen LogP contribution is -2.33. The van der Waals surface area contributed by atoms with Gasteiger partial charge in [-0.05, 0) is 23.7 Å². The van der Waals surface area contributed by atoms with Gasteiger partial charge in [-0.1, -0.05) is 53.4 Å². The van der Waals surface area contributed by atoms with Crippen molar-refractivity contribution >= 4 is 0 Å². The number of rotatable bonds is 0. The Morgan fingerprint density at radius 3 is 1.25 bits per heavy atom. The zero-order valence-corrected chi connectivity index (χ0v) is 9.24. The third-order valence-corrected chi connectivity index (χ3v) is 4.19. The van der Waals surface area contributed by atoms with Crippen LogP contribution in [-0.4, -0.2) is 0 Å². The first-order chi connectivity index (χ1) is 5.46. The summed E-state index contributed by atoms with van der Waals surface area (Å²) in [7, 11) is 0. The van der Waals surface area contributed by atoms with Gasteiger partial charge in [0.1, 0.15) is 0 Å². The average Bonchev–Trinajstić information content (AvgIpc) is 1.94. The lowest BCUT2D eigenvalue weighted by atomic mass is 9.62.